The van der Waals surface area contributed by atoms with E-state index in [4.69, 9.17) is 4.74 Å². The summed E-state index contributed by atoms with van der Waals surface area (Å²) in [5, 5.41) is 3.07. The van der Waals surface area contributed by atoms with Crippen molar-refractivity contribution in [1.82, 2.24) is 9.80 Å². The highest BCUT2D eigenvalue weighted by atomic mass is 32.2. The Balaban J connectivity index is 1.49. The molecule has 2 fully saturated rings. The number of carbonyl (C=O) groups excluding carboxylic acids is 1. The first kappa shape index (κ1) is 22.8. The number of hydrogen-bond acceptors (Lipinski definition) is 6. The van der Waals surface area contributed by atoms with E-state index in [0.717, 1.165) is 18.7 Å². The van der Waals surface area contributed by atoms with Crippen molar-refractivity contribution in [3.63, 3.8) is 0 Å². The Bertz CT molecular complexity index is 1020. The topological polar surface area (TPSA) is 79.0 Å². The average molecular weight is 458 g/mol. The van der Waals surface area contributed by atoms with Crippen molar-refractivity contribution in [3.8, 4) is 5.75 Å². The lowest BCUT2D eigenvalue weighted by molar-refractivity contribution is -0.122. The van der Waals surface area contributed by atoms with E-state index in [1.165, 1.54) is 0 Å². The fraction of sp³-hybridized carbons (Fsp3) is 0.458. The Morgan fingerprint density at radius 3 is 2.41 bits per heavy atom. The molecule has 1 N–H and O–H groups in total. The number of sulfone groups is 1. The van der Waals surface area contributed by atoms with Crippen LogP contribution in [0, 0.1) is 0 Å². The highest BCUT2D eigenvalue weighted by molar-refractivity contribution is 7.91. The zero-order valence-electron chi connectivity index (χ0n) is 18.4. The van der Waals surface area contributed by atoms with E-state index in [-0.39, 0.29) is 23.5 Å². The van der Waals surface area contributed by atoms with Gasteiger partial charge in [0.05, 0.1) is 23.8 Å². The average Bonchev–Trinajstić information content (AvgIpc) is 3.16. The first-order chi connectivity index (χ1) is 15.5. The summed E-state index contributed by atoms with van der Waals surface area (Å²) in [6, 6.07) is 16.9. The predicted molar refractivity (Wildman–Crippen MR) is 126 cm³/mol. The standard InChI is InChI=1S/C24H31N3O4S/c1-2-31-22-11-7-6-10-21(22)25-24(28)23(19-8-4-3-5-9-19)27-15-13-26(14-16-27)20-12-17-32(29,30)18-20/h3-11,20,23H,2,12-18H2,1H3,(H,25,28)/t20-,23+/m0/s1. The minimum Gasteiger partial charge on any atom is -0.492 e. The van der Waals surface area contributed by atoms with E-state index < -0.39 is 15.9 Å². The number of hydrogen-bond donors (Lipinski definition) is 1. The maximum atomic E-state index is 13.5. The number of piperazine rings is 1. The van der Waals surface area contributed by atoms with Gasteiger partial charge in [0, 0.05) is 32.2 Å². The zero-order chi connectivity index (χ0) is 22.6. The van der Waals surface area contributed by atoms with Crippen LogP contribution in [0.3, 0.4) is 0 Å². The van der Waals surface area contributed by atoms with Crippen molar-refractivity contribution in [2.75, 3.05) is 49.6 Å². The molecule has 2 aromatic rings. The third kappa shape index (κ3) is 5.31. The zero-order valence-corrected chi connectivity index (χ0v) is 19.3. The van der Waals surface area contributed by atoms with Gasteiger partial charge in [-0.2, -0.15) is 0 Å². The number of anilines is 1. The molecule has 1 amide bonds. The van der Waals surface area contributed by atoms with Crippen LogP contribution in [0.15, 0.2) is 54.6 Å². The van der Waals surface area contributed by atoms with Crippen LogP contribution in [0.1, 0.15) is 24.9 Å². The van der Waals surface area contributed by atoms with Crippen LogP contribution in [0.5, 0.6) is 5.75 Å². The second kappa shape index (κ2) is 10.0. The molecular formula is C24H31N3O4S. The van der Waals surface area contributed by atoms with Crippen LogP contribution < -0.4 is 10.1 Å². The van der Waals surface area contributed by atoms with Crippen LogP contribution in [-0.4, -0.2) is 74.5 Å². The number of rotatable bonds is 7. The maximum absolute atomic E-state index is 13.5. The highest BCUT2D eigenvalue weighted by Crippen LogP contribution is 2.29. The van der Waals surface area contributed by atoms with Gasteiger partial charge in [0.2, 0.25) is 5.91 Å². The Labute approximate surface area is 190 Å². The summed E-state index contributed by atoms with van der Waals surface area (Å²) in [5.41, 5.74) is 1.60. The summed E-state index contributed by atoms with van der Waals surface area (Å²) < 4.78 is 29.4. The van der Waals surface area contributed by atoms with Gasteiger partial charge in [0.25, 0.3) is 0 Å². The molecule has 0 spiro atoms. The summed E-state index contributed by atoms with van der Waals surface area (Å²) in [4.78, 5) is 17.9. The van der Waals surface area contributed by atoms with Crippen LogP contribution >= 0.6 is 0 Å². The largest absolute Gasteiger partial charge is 0.492 e. The highest BCUT2D eigenvalue weighted by Gasteiger charge is 2.36. The van der Waals surface area contributed by atoms with Gasteiger partial charge in [-0.1, -0.05) is 42.5 Å². The van der Waals surface area contributed by atoms with Gasteiger partial charge < -0.3 is 10.1 Å². The number of nitrogens with zero attached hydrogens (tertiary/aromatic N) is 2. The molecule has 2 aromatic carbocycles. The molecular weight excluding hydrogens is 426 g/mol. The molecule has 2 heterocycles. The lowest BCUT2D eigenvalue weighted by Gasteiger charge is -2.40. The van der Waals surface area contributed by atoms with E-state index in [0.29, 0.717) is 37.6 Å². The van der Waals surface area contributed by atoms with Crippen LogP contribution in [0.2, 0.25) is 0 Å². The predicted octanol–water partition coefficient (Wildman–Crippen LogP) is 2.57. The molecule has 0 bridgehead atoms. The Hall–Kier alpha value is -2.42. The van der Waals surface area contributed by atoms with Gasteiger partial charge in [-0.3, -0.25) is 14.6 Å². The third-order valence-electron chi connectivity index (χ3n) is 6.25. The number of nitrogens with one attached hydrogen (secondary N) is 1. The second-order valence-corrected chi connectivity index (χ2v) is 10.6. The van der Waals surface area contributed by atoms with Gasteiger partial charge in [0.15, 0.2) is 9.84 Å². The van der Waals surface area contributed by atoms with Gasteiger partial charge >= 0.3 is 0 Å². The van der Waals surface area contributed by atoms with Gasteiger partial charge in [-0.05, 0) is 31.0 Å². The molecule has 7 nitrogen and oxygen atoms in total. The van der Waals surface area contributed by atoms with Gasteiger partial charge in [-0.25, -0.2) is 8.42 Å². The first-order valence-electron chi connectivity index (χ1n) is 11.2. The van der Waals surface area contributed by atoms with E-state index in [1.807, 2.05) is 61.5 Å². The second-order valence-electron chi connectivity index (χ2n) is 8.36. The molecule has 0 saturated carbocycles. The SMILES string of the molecule is CCOc1ccccc1NC(=O)[C@@H](c1ccccc1)N1CCN([C@H]2CCS(=O)(=O)C2)CC1. The first-order valence-corrected chi connectivity index (χ1v) is 13.0. The van der Waals surface area contributed by atoms with Crippen molar-refractivity contribution < 1.29 is 17.9 Å². The number of carbonyl (C=O) groups is 1. The Kier molecular flexibility index (Phi) is 7.13. The molecule has 32 heavy (non-hydrogen) atoms. The number of ether oxygens (including phenoxy) is 1. The number of para-hydroxylation sites is 2. The van der Waals surface area contributed by atoms with E-state index in [2.05, 4.69) is 15.1 Å². The molecule has 0 unspecified atom stereocenters. The molecule has 2 aliphatic heterocycles. The van der Waals surface area contributed by atoms with E-state index in [9.17, 15) is 13.2 Å². The maximum Gasteiger partial charge on any atom is 0.246 e. The summed E-state index contributed by atoms with van der Waals surface area (Å²) in [6.07, 6.45) is 0.707. The van der Waals surface area contributed by atoms with Crippen molar-refractivity contribution in [2.45, 2.75) is 25.4 Å². The molecule has 2 atom stereocenters. The Morgan fingerprint density at radius 1 is 1.06 bits per heavy atom. The van der Waals surface area contributed by atoms with Crippen LogP contribution in [0.25, 0.3) is 0 Å². The van der Waals surface area contributed by atoms with Gasteiger partial charge in [0.1, 0.15) is 11.8 Å². The summed E-state index contributed by atoms with van der Waals surface area (Å²) in [7, 11) is -2.91. The lowest BCUT2D eigenvalue weighted by Crippen LogP contribution is -2.53. The molecule has 0 aliphatic carbocycles. The summed E-state index contributed by atoms with van der Waals surface area (Å²) in [6.45, 7) is 5.36. The molecule has 0 radical (unpaired) electrons. The summed E-state index contributed by atoms with van der Waals surface area (Å²) in [5.74, 6) is 1.10. The fourth-order valence-corrected chi connectivity index (χ4v) is 6.40. The molecule has 2 aliphatic rings. The molecule has 4 rings (SSSR count). The van der Waals surface area contributed by atoms with Crippen molar-refractivity contribution in [2.24, 2.45) is 0 Å². The normalized spacial score (nSPS) is 22.3. The monoisotopic (exact) mass is 457 g/mol. The quantitative estimate of drug-likeness (QED) is 0.689. The summed E-state index contributed by atoms with van der Waals surface area (Å²) >= 11 is 0. The minimum absolute atomic E-state index is 0.0970. The molecule has 2 saturated heterocycles. The van der Waals surface area contributed by atoms with Crippen LogP contribution in [-0.2, 0) is 14.6 Å². The van der Waals surface area contributed by atoms with Crippen molar-refractivity contribution in [3.05, 3.63) is 60.2 Å². The minimum atomic E-state index is -2.91. The van der Waals surface area contributed by atoms with E-state index in [1.54, 1.807) is 0 Å². The van der Waals surface area contributed by atoms with Crippen molar-refractivity contribution in [1.29, 1.82) is 0 Å². The fourth-order valence-electron chi connectivity index (χ4n) is 4.64. The lowest BCUT2D eigenvalue weighted by atomic mass is 10.0. The van der Waals surface area contributed by atoms with Crippen LogP contribution in [0.4, 0.5) is 5.69 Å². The smallest absolute Gasteiger partial charge is 0.246 e. The van der Waals surface area contributed by atoms with Crippen molar-refractivity contribution >= 4 is 21.4 Å². The third-order valence-corrected chi connectivity index (χ3v) is 8.00. The molecule has 0 aromatic heterocycles. The van der Waals surface area contributed by atoms with Gasteiger partial charge in [-0.15, -0.1) is 0 Å². The number of amides is 1. The molecule has 8 heteroatoms. The van der Waals surface area contributed by atoms with E-state index >= 15 is 0 Å². The molecule has 172 valence electrons. The Morgan fingerprint density at radius 2 is 1.75 bits per heavy atom. The number of benzene rings is 2.